The Kier molecular flexibility index (Phi) is 5.58. The van der Waals surface area contributed by atoms with Crippen LogP contribution in [0.15, 0.2) is 36.4 Å². The van der Waals surface area contributed by atoms with Crippen LogP contribution in [0.4, 0.5) is 11.5 Å². The number of carboxylic acid groups (broad SMARTS) is 1. The maximum absolute atomic E-state index is 11.7. The third kappa shape index (κ3) is 3.93. The third-order valence-corrected chi connectivity index (χ3v) is 7.00. The summed E-state index contributed by atoms with van der Waals surface area (Å²) in [6.07, 6.45) is 0. The van der Waals surface area contributed by atoms with Crippen molar-refractivity contribution in [2.75, 3.05) is 43.4 Å². The van der Waals surface area contributed by atoms with Gasteiger partial charge in [0.15, 0.2) is 11.5 Å². The summed E-state index contributed by atoms with van der Waals surface area (Å²) in [7, 11) is 2.16. The Morgan fingerprint density at radius 1 is 1.18 bits per heavy atom. The lowest BCUT2D eigenvalue weighted by Gasteiger charge is -2.23. The molecule has 0 bridgehead atoms. The van der Waals surface area contributed by atoms with Crippen molar-refractivity contribution in [3.8, 4) is 6.07 Å². The Balaban J connectivity index is 1.54. The Morgan fingerprint density at radius 3 is 2.56 bits per heavy atom. The zero-order valence-electron chi connectivity index (χ0n) is 19.6. The number of anilines is 2. The predicted octanol–water partition coefficient (Wildman–Crippen LogP) is 3.68. The summed E-state index contributed by atoms with van der Waals surface area (Å²) >= 11 is 0. The third-order valence-electron chi connectivity index (χ3n) is 7.00. The van der Waals surface area contributed by atoms with Crippen LogP contribution in [0.25, 0.3) is 11.0 Å². The highest BCUT2D eigenvalue weighted by atomic mass is 16.4. The van der Waals surface area contributed by atoms with Gasteiger partial charge in [0.1, 0.15) is 6.07 Å². The van der Waals surface area contributed by atoms with Gasteiger partial charge >= 0.3 is 5.97 Å². The molecule has 8 heteroatoms. The van der Waals surface area contributed by atoms with E-state index in [1.54, 1.807) is 18.2 Å². The molecule has 3 atom stereocenters. The first-order chi connectivity index (χ1) is 16.3. The van der Waals surface area contributed by atoms with Crippen molar-refractivity contribution < 1.29 is 9.90 Å². The van der Waals surface area contributed by atoms with Crippen molar-refractivity contribution in [1.29, 1.82) is 5.26 Å². The van der Waals surface area contributed by atoms with Gasteiger partial charge in [-0.05, 0) is 56.5 Å². The molecule has 3 aromatic rings. The van der Waals surface area contributed by atoms with E-state index in [0.29, 0.717) is 34.6 Å². The number of nitrogens with one attached hydrogen (secondary N) is 1. The minimum absolute atomic E-state index is 0.218. The van der Waals surface area contributed by atoms with Gasteiger partial charge in [-0.1, -0.05) is 18.2 Å². The lowest BCUT2D eigenvalue weighted by atomic mass is 10.0. The topological polar surface area (TPSA) is 105 Å². The van der Waals surface area contributed by atoms with Crippen LogP contribution in [0, 0.1) is 30.1 Å². The number of nitriles is 1. The second-order valence-corrected chi connectivity index (χ2v) is 9.59. The van der Waals surface area contributed by atoms with Crippen LogP contribution < -0.4 is 10.2 Å². The van der Waals surface area contributed by atoms with E-state index in [4.69, 9.17) is 9.97 Å². The number of aromatic carboxylic acids is 1. The van der Waals surface area contributed by atoms with Gasteiger partial charge in [-0.2, -0.15) is 5.26 Å². The number of nitrogens with zero attached hydrogens (tertiary/aromatic N) is 5. The summed E-state index contributed by atoms with van der Waals surface area (Å²) in [6.45, 7) is 7.87. The molecule has 0 amide bonds. The molecule has 8 nitrogen and oxygen atoms in total. The molecule has 2 fully saturated rings. The number of hydrogen-bond acceptors (Lipinski definition) is 7. The number of para-hydroxylation sites is 1. The molecule has 174 valence electrons. The van der Waals surface area contributed by atoms with Gasteiger partial charge in [0.2, 0.25) is 0 Å². The number of carbonyl (C=O) groups is 1. The fraction of sp³-hybridized carbons (Fsp3) is 0.385. The fourth-order valence-electron chi connectivity index (χ4n) is 5.46. The lowest BCUT2D eigenvalue weighted by Crippen LogP contribution is -2.28. The molecule has 2 aliphatic heterocycles. The second-order valence-electron chi connectivity index (χ2n) is 9.59. The van der Waals surface area contributed by atoms with Gasteiger partial charge in [-0.15, -0.1) is 0 Å². The molecule has 0 aliphatic carbocycles. The number of rotatable bonds is 5. The van der Waals surface area contributed by atoms with Crippen LogP contribution in [0.5, 0.6) is 0 Å². The summed E-state index contributed by atoms with van der Waals surface area (Å²) < 4.78 is 0. The van der Waals surface area contributed by atoms with E-state index in [0.717, 1.165) is 42.8 Å². The van der Waals surface area contributed by atoms with E-state index in [2.05, 4.69) is 34.3 Å². The van der Waals surface area contributed by atoms with Crippen molar-refractivity contribution in [1.82, 2.24) is 14.9 Å². The normalized spacial score (nSPS) is 20.8. The Labute approximate surface area is 198 Å². The van der Waals surface area contributed by atoms with Gasteiger partial charge < -0.3 is 20.2 Å². The summed E-state index contributed by atoms with van der Waals surface area (Å²) in [5, 5.41) is 22.8. The van der Waals surface area contributed by atoms with Gasteiger partial charge in [0.05, 0.1) is 22.6 Å². The molecule has 1 aromatic heterocycles. The van der Waals surface area contributed by atoms with Crippen LogP contribution in [-0.2, 0) is 0 Å². The number of carboxylic acids is 1. The Morgan fingerprint density at radius 2 is 1.88 bits per heavy atom. The monoisotopic (exact) mass is 456 g/mol. The van der Waals surface area contributed by atoms with E-state index in [1.165, 1.54) is 0 Å². The van der Waals surface area contributed by atoms with E-state index >= 15 is 0 Å². The molecule has 2 unspecified atom stereocenters. The molecule has 0 spiro atoms. The fourth-order valence-corrected chi connectivity index (χ4v) is 5.46. The summed E-state index contributed by atoms with van der Waals surface area (Å²) in [5.74, 6) is 0.838. The first-order valence-electron chi connectivity index (χ1n) is 11.6. The van der Waals surface area contributed by atoms with E-state index < -0.39 is 5.97 Å². The highest BCUT2D eigenvalue weighted by Crippen LogP contribution is 2.35. The molecule has 2 aromatic carbocycles. The number of likely N-dealkylation sites (tertiary alicyclic amines) is 1. The Hall–Kier alpha value is -3.70. The quantitative estimate of drug-likeness (QED) is 0.599. The molecule has 3 heterocycles. The predicted molar refractivity (Wildman–Crippen MR) is 131 cm³/mol. The van der Waals surface area contributed by atoms with Crippen molar-refractivity contribution in [2.24, 2.45) is 11.8 Å². The molecule has 0 saturated carbocycles. The number of aromatic nitrogens is 2. The molecule has 2 N–H and O–H groups in total. The standard InChI is InChI=1S/C26H28N6O2/c1-15-8-20(16(2)28-21-7-5-4-6-19(21)26(33)34)24-22(9-15)29-23(10-27)25(30-24)32-13-17-11-31(3)12-18(17)14-32/h4-9,16-18,28H,11-14H2,1-3H3,(H,33,34)/t16-,17?,18?/m1/s1. The van der Waals surface area contributed by atoms with Gasteiger partial charge in [-0.25, -0.2) is 14.8 Å². The summed E-state index contributed by atoms with van der Waals surface area (Å²) in [4.78, 5) is 26.0. The number of benzene rings is 2. The number of hydrogen-bond donors (Lipinski definition) is 2. The molecule has 5 rings (SSSR count). The highest BCUT2D eigenvalue weighted by Gasteiger charge is 2.40. The van der Waals surface area contributed by atoms with E-state index in [-0.39, 0.29) is 11.6 Å². The Bertz CT molecular complexity index is 1300. The van der Waals surface area contributed by atoms with Crippen LogP contribution >= 0.6 is 0 Å². The minimum Gasteiger partial charge on any atom is -0.478 e. The van der Waals surface area contributed by atoms with E-state index in [9.17, 15) is 15.2 Å². The SMILES string of the molecule is Cc1cc([C@@H](C)Nc2ccccc2C(=O)O)c2nc(N3CC4CN(C)CC4C3)c(C#N)nc2c1. The summed E-state index contributed by atoms with van der Waals surface area (Å²) in [5.41, 5.74) is 4.47. The number of fused-ring (bicyclic) bond motifs is 2. The average Bonchev–Trinajstić information content (AvgIpc) is 3.35. The molecular formula is C26H28N6O2. The zero-order valence-corrected chi connectivity index (χ0v) is 19.6. The molecular weight excluding hydrogens is 428 g/mol. The van der Waals surface area contributed by atoms with Crippen molar-refractivity contribution >= 4 is 28.5 Å². The molecule has 2 aliphatic rings. The van der Waals surface area contributed by atoms with Gasteiger partial charge in [-0.3, -0.25) is 0 Å². The van der Waals surface area contributed by atoms with E-state index in [1.807, 2.05) is 26.0 Å². The second kappa shape index (κ2) is 8.58. The van der Waals surface area contributed by atoms with Crippen LogP contribution in [0.3, 0.4) is 0 Å². The lowest BCUT2D eigenvalue weighted by molar-refractivity contribution is 0.0698. The smallest absolute Gasteiger partial charge is 0.337 e. The van der Waals surface area contributed by atoms with Crippen LogP contribution in [-0.4, -0.2) is 59.2 Å². The number of aryl methyl sites for hydroxylation is 1. The van der Waals surface area contributed by atoms with Crippen LogP contribution in [0.1, 0.15) is 40.1 Å². The van der Waals surface area contributed by atoms with Crippen molar-refractivity contribution in [3.05, 3.63) is 58.8 Å². The summed E-state index contributed by atoms with van der Waals surface area (Å²) in [6, 6.07) is 12.9. The maximum Gasteiger partial charge on any atom is 0.337 e. The van der Waals surface area contributed by atoms with Gasteiger partial charge in [0.25, 0.3) is 0 Å². The van der Waals surface area contributed by atoms with Crippen LogP contribution in [0.2, 0.25) is 0 Å². The highest BCUT2D eigenvalue weighted by molar-refractivity contribution is 5.94. The maximum atomic E-state index is 11.7. The van der Waals surface area contributed by atoms with Crippen molar-refractivity contribution in [3.63, 3.8) is 0 Å². The first kappa shape index (κ1) is 22.1. The first-order valence-corrected chi connectivity index (χ1v) is 11.6. The van der Waals surface area contributed by atoms with Gasteiger partial charge in [0, 0.05) is 37.4 Å². The zero-order chi connectivity index (χ0) is 24.0. The largest absolute Gasteiger partial charge is 0.478 e. The molecule has 34 heavy (non-hydrogen) atoms. The molecule has 0 radical (unpaired) electrons. The van der Waals surface area contributed by atoms with Crippen molar-refractivity contribution in [2.45, 2.75) is 19.9 Å². The molecule has 2 saturated heterocycles. The average molecular weight is 457 g/mol. The minimum atomic E-state index is -0.977.